The average Bonchev–Trinajstić information content (AvgIpc) is 3.02. The lowest BCUT2D eigenvalue weighted by Gasteiger charge is -2.46. The van der Waals surface area contributed by atoms with Crippen LogP contribution in [-0.2, 0) is 0 Å². The van der Waals surface area contributed by atoms with Crippen molar-refractivity contribution in [2.75, 3.05) is 26.2 Å². The van der Waals surface area contributed by atoms with Gasteiger partial charge in [-0.1, -0.05) is 20.8 Å². The molecule has 1 aliphatic heterocycles. The fourth-order valence-corrected chi connectivity index (χ4v) is 3.20. The van der Waals surface area contributed by atoms with E-state index in [0.717, 1.165) is 5.92 Å². The van der Waals surface area contributed by atoms with Crippen LogP contribution in [-0.4, -0.2) is 36.6 Å². The Balaban J connectivity index is 1.84. The zero-order chi connectivity index (χ0) is 12.5. The highest BCUT2D eigenvalue weighted by molar-refractivity contribution is 5.02. The van der Waals surface area contributed by atoms with Gasteiger partial charge in [0, 0.05) is 25.2 Å². The van der Waals surface area contributed by atoms with Crippen LogP contribution in [0.15, 0.2) is 0 Å². The lowest BCUT2D eigenvalue weighted by molar-refractivity contribution is 0.0519. The number of rotatable bonds is 4. The molecule has 2 nitrogen and oxygen atoms in total. The SMILES string of the molecule is CC(C)(C)CCCN1CCNCC1(C)C1CC1. The number of hydrogen-bond donors (Lipinski definition) is 1. The van der Waals surface area contributed by atoms with Crippen LogP contribution in [0.3, 0.4) is 0 Å². The standard InChI is InChI=1S/C15H30N2/c1-14(2,3)8-5-10-17-11-9-16-12-15(17,4)13-6-7-13/h13,16H,5-12H2,1-4H3. The van der Waals surface area contributed by atoms with Gasteiger partial charge in [-0.05, 0) is 50.5 Å². The largest absolute Gasteiger partial charge is 0.314 e. The molecule has 1 saturated heterocycles. The van der Waals surface area contributed by atoms with Crippen LogP contribution in [0.4, 0.5) is 0 Å². The Morgan fingerprint density at radius 2 is 2.00 bits per heavy atom. The zero-order valence-corrected chi connectivity index (χ0v) is 12.2. The van der Waals surface area contributed by atoms with Gasteiger partial charge in [0.1, 0.15) is 0 Å². The maximum Gasteiger partial charge on any atom is 0.0334 e. The minimum absolute atomic E-state index is 0.454. The van der Waals surface area contributed by atoms with E-state index in [1.54, 1.807) is 0 Å². The smallest absolute Gasteiger partial charge is 0.0334 e. The van der Waals surface area contributed by atoms with Gasteiger partial charge in [-0.25, -0.2) is 0 Å². The summed E-state index contributed by atoms with van der Waals surface area (Å²) in [5.41, 5.74) is 0.945. The molecule has 0 aromatic rings. The molecule has 2 heteroatoms. The van der Waals surface area contributed by atoms with Gasteiger partial charge in [0.25, 0.3) is 0 Å². The van der Waals surface area contributed by atoms with Gasteiger partial charge in [0.15, 0.2) is 0 Å². The quantitative estimate of drug-likeness (QED) is 0.810. The van der Waals surface area contributed by atoms with E-state index >= 15 is 0 Å². The molecule has 2 fully saturated rings. The maximum atomic E-state index is 3.59. The molecule has 0 radical (unpaired) electrons. The molecule has 1 heterocycles. The number of nitrogens with one attached hydrogen (secondary N) is 1. The van der Waals surface area contributed by atoms with E-state index in [-0.39, 0.29) is 0 Å². The van der Waals surface area contributed by atoms with Crippen LogP contribution in [0.25, 0.3) is 0 Å². The second-order valence-electron chi connectivity index (χ2n) is 7.46. The van der Waals surface area contributed by atoms with Crippen LogP contribution in [0.2, 0.25) is 0 Å². The topological polar surface area (TPSA) is 15.3 Å². The molecule has 1 N–H and O–H groups in total. The molecule has 17 heavy (non-hydrogen) atoms. The van der Waals surface area contributed by atoms with E-state index in [2.05, 4.69) is 37.9 Å². The summed E-state index contributed by atoms with van der Waals surface area (Å²) in [5, 5.41) is 3.59. The van der Waals surface area contributed by atoms with E-state index in [0.29, 0.717) is 11.0 Å². The van der Waals surface area contributed by atoms with Crippen molar-refractivity contribution in [3.05, 3.63) is 0 Å². The Labute approximate surface area is 107 Å². The number of hydrogen-bond acceptors (Lipinski definition) is 2. The highest BCUT2D eigenvalue weighted by atomic mass is 15.3. The third-order valence-electron chi connectivity index (χ3n) is 4.58. The van der Waals surface area contributed by atoms with E-state index in [1.165, 1.54) is 51.9 Å². The van der Waals surface area contributed by atoms with Gasteiger partial charge >= 0.3 is 0 Å². The van der Waals surface area contributed by atoms with Gasteiger partial charge in [-0.15, -0.1) is 0 Å². The minimum Gasteiger partial charge on any atom is -0.314 e. The molecule has 2 aliphatic rings. The van der Waals surface area contributed by atoms with Crippen molar-refractivity contribution in [2.24, 2.45) is 11.3 Å². The van der Waals surface area contributed by atoms with Gasteiger partial charge in [-0.3, -0.25) is 4.90 Å². The summed E-state index contributed by atoms with van der Waals surface area (Å²) in [6.45, 7) is 14.5. The molecule has 0 aromatic carbocycles. The van der Waals surface area contributed by atoms with E-state index in [9.17, 15) is 0 Å². The van der Waals surface area contributed by atoms with E-state index in [1.807, 2.05) is 0 Å². The summed E-state index contributed by atoms with van der Waals surface area (Å²) in [4.78, 5) is 2.77. The van der Waals surface area contributed by atoms with Crippen molar-refractivity contribution in [3.63, 3.8) is 0 Å². The molecule has 0 bridgehead atoms. The Morgan fingerprint density at radius 1 is 1.29 bits per heavy atom. The van der Waals surface area contributed by atoms with Gasteiger partial charge in [0.05, 0.1) is 0 Å². The highest BCUT2D eigenvalue weighted by Gasteiger charge is 2.46. The van der Waals surface area contributed by atoms with Gasteiger partial charge in [0.2, 0.25) is 0 Å². The highest BCUT2D eigenvalue weighted by Crippen LogP contribution is 2.43. The Kier molecular flexibility index (Phi) is 3.84. The molecule has 0 aromatic heterocycles. The second-order valence-corrected chi connectivity index (χ2v) is 7.46. The van der Waals surface area contributed by atoms with Crippen molar-refractivity contribution < 1.29 is 0 Å². The predicted octanol–water partition coefficient (Wildman–Crippen LogP) is 2.89. The molecule has 1 unspecified atom stereocenters. The first-order valence-corrected chi connectivity index (χ1v) is 7.38. The number of piperazine rings is 1. The molecular formula is C15H30N2. The van der Waals surface area contributed by atoms with Gasteiger partial charge in [-0.2, -0.15) is 0 Å². The summed E-state index contributed by atoms with van der Waals surface area (Å²) in [6, 6.07) is 0. The van der Waals surface area contributed by atoms with Crippen LogP contribution in [0.1, 0.15) is 53.4 Å². The summed E-state index contributed by atoms with van der Waals surface area (Å²) in [5.74, 6) is 0.963. The Hall–Kier alpha value is -0.0800. The first-order valence-electron chi connectivity index (χ1n) is 7.38. The second kappa shape index (κ2) is 4.89. The van der Waals surface area contributed by atoms with Crippen molar-refractivity contribution in [1.82, 2.24) is 10.2 Å². The molecule has 0 spiro atoms. The average molecular weight is 238 g/mol. The minimum atomic E-state index is 0.454. The maximum absolute atomic E-state index is 3.59. The van der Waals surface area contributed by atoms with Crippen LogP contribution in [0, 0.1) is 11.3 Å². The Morgan fingerprint density at radius 3 is 2.59 bits per heavy atom. The molecular weight excluding hydrogens is 208 g/mol. The van der Waals surface area contributed by atoms with Crippen molar-refractivity contribution >= 4 is 0 Å². The Bertz CT molecular complexity index is 252. The van der Waals surface area contributed by atoms with E-state index < -0.39 is 0 Å². The summed E-state index contributed by atoms with van der Waals surface area (Å²) >= 11 is 0. The van der Waals surface area contributed by atoms with Crippen molar-refractivity contribution in [3.8, 4) is 0 Å². The fourth-order valence-electron chi connectivity index (χ4n) is 3.20. The summed E-state index contributed by atoms with van der Waals surface area (Å²) < 4.78 is 0. The van der Waals surface area contributed by atoms with Crippen molar-refractivity contribution in [2.45, 2.75) is 58.9 Å². The molecule has 2 rings (SSSR count). The zero-order valence-electron chi connectivity index (χ0n) is 12.2. The van der Waals surface area contributed by atoms with Crippen LogP contribution in [0.5, 0.6) is 0 Å². The normalized spacial score (nSPS) is 31.8. The van der Waals surface area contributed by atoms with Gasteiger partial charge < -0.3 is 5.32 Å². The predicted molar refractivity (Wildman–Crippen MR) is 74.3 cm³/mol. The lowest BCUT2D eigenvalue weighted by atomic mass is 9.88. The van der Waals surface area contributed by atoms with Crippen LogP contribution < -0.4 is 5.32 Å². The summed E-state index contributed by atoms with van der Waals surface area (Å²) in [7, 11) is 0. The third-order valence-corrected chi connectivity index (χ3v) is 4.58. The number of nitrogens with zero attached hydrogens (tertiary/aromatic N) is 1. The van der Waals surface area contributed by atoms with Crippen molar-refractivity contribution in [1.29, 1.82) is 0 Å². The lowest BCUT2D eigenvalue weighted by Crippen LogP contribution is -2.61. The molecule has 1 atom stereocenters. The molecule has 1 saturated carbocycles. The first kappa shape index (κ1) is 13.4. The third kappa shape index (κ3) is 3.45. The summed E-state index contributed by atoms with van der Waals surface area (Å²) in [6.07, 6.45) is 5.60. The monoisotopic (exact) mass is 238 g/mol. The molecule has 1 aliphatic carbocycles. The van der Waals surface area contributed by atoms with Crippen LogP contribution >= 0.6 is 0 Å². The molecule has 0 amide bonds. The first-order chi connectivity index (χ1) is 7.92. The fraction of sp³-hybridized carbons (Fsp3) is 1.00. The van der Waals surface area contributed by atoms with E-state index in [4.69, 9.17) is 0 Å². The molecule has 100 valence electrons.